The first-order chi connectivity index (χ1) is 3.29. The van der Waals surface area contributed by atoms with Gasteiger partial charge in [0.05, 0.1) is 0 Å². The van der Waals surface area contributed by atoms with Crippen molar-refractivity contribution in [2.45, 2.75) is 25.1 Å². The molecule has 0 N–H and O–H groups in total. The van der Waals surface area contributed by atoms with Gasteiger partial charge in [0.25, 0.3) is 0 Å². The molecule has 1 heteroatoms. The van der Waals surface area contributed by atoms with Crippen LogP contribution >= 0.6 is 11.6 Å². The fraction of sp³-hybridized carbons (Fsp3) is 0.667. The molecule has 0 aliphatic heterocycles. The molecule has 40 valence electrons. The van der Waals surface area contributed by atoms with Crippen molar-refractivity contribution in [2.75, 3.05) is 0 Å². The van der Waals surface area contributed by atoms with Crippen LogP contribution in [0.2, 0.25) is 0 Å². The first-order valence-corrected chi connectivity index (χ1v) is 3.02. The van der Waals surface area contributed by atoms with Gasteiger partial charge in [-0.05, 0) is 19.8 Å². The predicted molar refractivity (Wildman–Crippen MR) is 32.6 cm³/mol. The lowest BCUT2D eigenvalue weighted by molar-refractivity contribution is 0.917. The first kappa shape index (κ1) is 5.17. The standard InChI is InChI=1S/C6H9Cl/c1-5-2-3-6(7)4-5/h2,6H,3-4H2,1H3. The monoisotopic (exact) mass is 116 g/mol. The Balaban J connectivity index is 2.42. The molecule has 7 heavy (non-hydrogen) atoms. The lowest BCUT2D eigenvalue weighted by Gasteiger charge is -1.92. The quantitative estimate of drug-likeness (QED) is 0.337. The van der Waals surface area contributed by atoms with Crippen molar-refractivity contribution in [3.8, 4) is 0 Å². The van der Waals surface area contributed by atoms with E-state index in [2.05, 4.69) is 13.0 Å². The van der Waals surface area contributed by atoms with Crippen LogP contribution in [0, 0.1) is 0 Å². The highest BCUT2D eigenvalue weighted by Gasteiger charge is 2.08. The summed E-state index contributed by atoms with van der Waals surface area (Å²) >= 11 is 5.75. The van der Waals surface area contributed by atoms with Gasteiger partial charge < -0.3 is 0 Å². The zero-order chi connectivity index (χ0) is 5.28. The largest absolute Gasteiger partial charge is 0.122 e. The average molecular weight is 117 g/mol. The fourth-order valence-electron chi connectivity index (χ4n) is 0.845. The molecule has 0 aromatic heterocycles. The number of hydrogen-bond acceptors (Lipinski definition) is 0. The number of allylic oxidation sites excluding steroid dienone is 2. The lowest BCUT2D eigenvalue weighted by atomic mass is 10.3. The van der Waals surface area contributed by atoms with Crippen LogP contribution in [-0.4, -0.2) is 5.38 Å². The van der Waals surface area contributed by atoms with Gasteiger partial charge in [-0.25, -0.2) is 0 Å². The molecule has 1 rings (SSSR count). The van der Waals surface area contributed by atoms with Crippen molar-refractivity contribution < 1.29 is 0 Å². The van der Waals surface area contributed by atoms with Crippen molar-refractivity contribution >= 4 is 11.6 Å². The van der Waals surface area contributed by atoms with Gasteiger partial charge in [0, 0.05) is 5.38 Å². The molecule has 1 unspecified atom stereocenters. The number of halogens is 1. The molecule has 0 spiro atoms. The van der Waals surface area contributed by atoms with Crippen molar-refractivity contribution in [1.29, 1.82) is 0 Å². The maximum Gasteiger partial charge on any atom is 0.0407 e. The number of alkyl halides is 1. The summed E-state index contributed by atoms with van der Waals surface area (Å²) in [4.78, 5) is 0. The molecule has 0 bridgehead atoms. The topological polar surface area (TPSA) is 0 Å². The second kappa shape index (κ2) is 1.87. The molecule has 1 aliphatic carbocycles. The highest BCUT2D eigenvalue weighted by Crippen LogP contribution is 2.21. The second-order valence-electron chi connectivity index (χ2n) is 2.09. The van der Waals surface area contributed by atoms with Crippen LogP contribution in [0.15, 0.2) is 11.6 Å². The summed E-state index contributed by atoms with van der Waals surface area (Å²) in [5, 5.41) is 0.403. The van der Waals surface area contributed by atoms with Gasteiger partial charge in [-0.15, -0.1) is 11.6 Å². The minimum atomic E-state index is 0.403. The molecule has 0 fully saturated rings. The van der Waals surface area contributed by atoms with Crippen LogP contribution in [0.1, 0.15) is 19.8 Å². The highest BCUT2D eigenvalue weighted by atomic mass is 35.5. The van der Waals surface area contributed by atoms with Crippen LogP contribution in [-0.2, 0) is 0 Å². The third-order valence-corrected chi connectivity index (χ3v) is 1.60. The molecule has 0 aromatic carbocycles. The zero-order valence-corrected chi connectivity index (χ0v) is 5.20. The smallest absolute Gasteiger partial charge is 0.0407 e. The van der Waals surface area contributed by atoms with E-state index in [0.29, 0.717) is 5.38 Å². The molecule has 0 amide bonds. The van der Waals surface area contributed by atoms with Gasteiger partial charge in [-0.2, -0.15) is 0 Å². The normalized spacial score (nSPS) is 30.6. The Morgan fingerprint density at radius 1 is 1.86 bits per heavy atom. The maximum atomic E-state index is 5.75. The van der Waals surface area contributed by atoms with Crippen LogP contribution in [0.25, 0.3) is 0 Å². The Kier molecular flexibility index (Phi) is 1.38. The Bertz CT molecular complexity index is 94.4. The van der Waals surface area contributed by atoms with Crippen LogP contribution in [0.5, 0.6) is 0 Å². The third-order valence-electron chi connectivity index (χ3n) is 1.27. The molecule has 1 atom stereocenters. The lowest BCUT2D eigenvalue weighted by Crippen LogP contribution is -1.86. The SMILES string of the molecule is CC1=CCC(Cl)C1. The molecule has 0 aromatic rings. The third kappa shape index (κ3) is 1.20. The Morgan fingerprint density at radius 2 is 2.57 bits per heavy atom. The van der Waals surface area contributed by atoms with Gasteiger partial charge in [0.1, 0.15) is 0 Å². The van der Waals surface area contributed by atoms with Gasteiger partial charge in [0.2, 0.25) is 0 Å². The highest BCUT2D eigenvalue weighted by molar-refractivity contribution is 6.21. The van der Waals surface area contributed by atoms with Gasteiger partial charge >= 0.3 is 0 Å². The van der Waals surface area contributed by atoms with Gasteiger partial charge in [-0.1, -0.05) is 11.6 Å². The van der Waals surface area contributed by atoms with E-state index in [4.69, 9.17) is 11.6 Å². The van der Waals surface area contributed by atoms with Crippen LogP contribution in [0.4, 0.5) is 0 Å². The van der Waals surface area contributed by atoms with Crippen LogP contribution in [0.3, 0.4) is 0 Å². The summed E-state index contributed by atoms with van der Waals surface area (Å²) in [7, 11) is 0. The van der Waals surface area contributed by atoms with Crippen molar-refractivity contribution in [1.82, 2.24) is 0 Å². The van der Waals surface area contributed by atoms with Crippen molar-refractivity contribution in [2.24, 2.45) is 0 Å². The average Bonchev–Trinajstić information content (AvgIpc) is 1.87. The van der Waals surface area contributed by atoms with E-state index in [1.54, 1.807) is 0 Å². The summed E-state index contributed by atoms with van der Waals surface area (Å²) in [5.41, 5.74) is 1.44. The summed E-state index contributed by atoms with van der Waals surface area (Å²) in [6, 6.07) is 0. The number of rotatable bonds is 0. The molecule has 1 aliphatic rings. The Morgan fingerprint density at radius 3 is 2.71 bits per heavy atom. The van der Waals surface area contributed by atoms with Crippen molar-refractivity contribution in [3.63, 3.8) is 0 Å². The van der Waals surface area contributed by atoms with E-state index in [1.165, 1.54) is 5.57 Å². The molecule has 0 saturated carbocycles. The summed E-state index contributed by atoms with van der Waals surface area (Å²) < 4.78 is 0. The van der Waals surface area contributed by atoms with E-state index in [0.717, 1.165) is 12.8 Å². The van der Waals surface area contributed by atoms with E-state index < -0.39 is 0 Å². The van der Waals surface area contributed by atoms with Gasteiger partial charge in [0.15, 0.2) is 0 Å². The summed E-state index contributed by atoms with van der Waals surface area (Å²) in [6.45, 7) is 2.13. The maximum absolute atomic E-state index is 5.75. The second-order valence-corrected chi connectivity index (χ2v) is 2.70. The fourth-order valence-corrected chi connectivity index (χ4v) is 1.18. The van der Waals surface area contributed by atoms with Crippen molar-refractivity contribution in [3.05, 3.63) is 11.6 Å². The molecule has 0 nitrogen and oxygen atoms in total. The summed E-state index contributed by atoms with van der Waals surface area (Å²) in [5.74, 6) is 0. The van der Waals surface area contributed by atoms with Gasteiger partial charge in [-0.3, -0.25) is 0 Å². The van der Waals surface area contributed by atoms with E-state index in [-0.39, 0.29) is 0 Å². The molecule has 0 heterocycles. The Labute approximate surface area is 49.2 Å². The van der Waals surface area contributed by atoms with E-state index in [9.17, 15) is 0 Å². The first-order valence-electron chi connectivity index (χ1n) is 2.59. The van der Waals surface area contributed by atoms with E-state index >= 15 is 0 Å². The minimum Gasteiger partial charge on any atom is -0.122 e. The Hall–Kier alpha value is 0.0300. The zero-order valence-electron chi connectivity index (χ0n) is 4.45. The minimum absolute atomic E-state index is 0.403. The molecule has 0 radical (unpaired) electrons. The summed E-state index contributed by atoms with van der Waals surface area (Å²) in [6.07, 6.45) is 4.38. The molecular weight excluding hydrogens is 108 g/mol. The van der Waals surface area contributed by atoms with E-state index in [1.807, 2.05) is 0 Å². The number of hydrogen-bond donors (Lipinski definition) is 0. The van der Waals surface area contributed by atoms with Crippen LogP contribution < -0.4 is 0 Å². The molecule has 0 saturated heterocycles. The predicted octanol–water partition coefficient (Wildman–Crippen LogP) is 2.33. The molecular formula is C6H9Cl.